The first-order valence-corrected chi connectivity index (χ1v) is 22.4. The fraction of sp³-hybridized carbons (Fsp3) is 0. The summed E-state index contributed by atoms with van der Waals surface area (Å²) in [6.45, 7) is 0. The predicted octanol–water partition coefficient (Wildman–Crippen LogP) is 15.7. The largest absolute Gasteiger partial charge is 0.309 e. The minimum Gasteiger partial charge on any atom is -0.309 e. The molecule has 0 radical (unpaired) electrons. The number of fused-ring (bicyclic) bond motifs is 11. The highest BCUT2D eigenvalue weighted by molar-refractivity contribution is 6.22. The van der Waals surface area contributed by atoms with E-state index in [1.165, 1.54) is 59.5 Å². The van der Waals surface area contributed by atoms with E-state index in [2.05, 4.69) is 215 Å². The number of hydrogen-bond acceptors (Lipinski definition) is 3. The van der Waals surface area contributed by atoms with Crippen LogP contribution in [0.3, 0.4) is 0 Å². The first kappa shape index (κ1) is 36.5. The molecule has 66 heavy (non-hydrogen) atoms. The van der Waals surface area contributed by atoms with Gasteiger partial charge in [-0.2, -0.15) is 0 Å². The summed E-state index contributed by atoms with van der Waals surface area (Å²) in [5.74, 6) is 1.90. The molecule has 0 saturated carbocycles. The van der Waals surface area contributed by atoms with E-state index < -0.39 is 0 Å². The smallest absolute Gasteiger partial charge is 0.164 e. The highest BCUT2D eigenvalue weighted by Gasteiger charge is 2.23. The lowest BCUT2D eigenvalue weighted by atomic mass is 10.0. The molecule has 0 unspecified atom stereocenters. The number of aromatic nitrogens is 5. The second-order valence-corrected chi connectivity index (χ2v) is 17.2. The van der Waals surface area contributed by atoms with Gasteiger partial charge in [-0.25, -0.2) is 15.0 Å². The molecule has 0 saturated heterocycles. The Morgan fingerprint density at radius 3 is 1.70 bits per heavy atom. The van der Waals surface area contributed by atoms with Crippen molar-refractivity contribution in [3.63, 3.8) is 0 Å². The van der Waals surface area contributed by atoms with Crippen molar-refractivity contribution >= 4 is 86.7 Å². The first-order valence-electron chi connectivity index (χ1n) is 22.4. The van der Waals surface area contributed by atoms with Crippen LogP contribution in [-0.4, -0.2) is 24.1 Å². The number of nitrogens with zero attached hydrogens (tertiary/aromatic N) is 5. The van der Waals surface area contributed by atoms with E-state index in [-0.39, 0.29) is 0 Å². The first-order chi connectivity index (χ1) is 32.7. The lowest BCUT2D eigenvalue weighted by Gasteiger charge is -2.16. The molecule has 11 aromatic carbocycles. The summed E-state index contributed by atoms with van der Waals surface area (Å²) in [6, 6.07) is 80.6. The Hall–Kier alpha value is -8.93. The van der Waals surface area contributed by atoms with Crippen molar-refractivity contribution < 1.29 is 0 Å². The van der Waals surface area contributed by atoms with Gasteiger partial charge in [-0.15, -0.1) is 0 Å². The lowest BCUT2D eigenvalue weighted by molar-refractivity contribution is 1.08. The van der Waals surface area contributed by atoms with E-state index >= 15 is 0 Å². The van der Waals surface area contributed by atoms with Crippen molar-refractivity contribution in [3.05, 3.63) is 224 Å². The van der Waals surface area contributed by atoms with Gasteiger partial charge >= 0.3 is 0 Å². The minimum absolute atomic E-state index is 0.629. The van der Waals surface area contributed by atoms with Crippen molar-refractivity contribution in [2.75, 3.05) is 0 Å². The molecule has 306 valence electrons. The van der Waals surface area contributed by atoms with Crippen LogP contribution in [0.1, 0.15) is 0 Å². The lowest BCUT2D eigenvalue weighted by Crippen LogP contribution is -2.02. The van der Waals surface area contributed by atoms with Gasteiger partial charge in [-0.05, 0) is 80.8 Å². The van der Waals surface area contributed by atoms with Crippen LogP contribution < -0.4 is 0 Å². The van der Waals surface area contributed by atoms with Gasteiger partial charge in [0.25, 0.3) is 0 Å². The molecule has 0 amide bonds. The van der Waals surface area contributed by atoms with Gasteiger partial charge in [0, 0.05) is 49.0 Å². The third-order valence-electron chi connectivity index (χ3n) is 13.5. The second kappa shape index (κ2) is 14.3. The maximum atomic E-state index is 5.26. The summed E-state index contributed by atoms with van der Waals surface area (Å²) >= 11 is 0. The molecule has 3 aromatic heterocycles. The molecule has 0 aliphatic heterocycles. The summed E-state index contributed by atoms with van der Waals surface area (Å²) in [7, 11) is 0. The summed E-state index contributed by atoms with van der Waals surface area (Å²) < 4.78 is 4.98. The molecule has 0 spiro atoms. The van der Waals surface area contributed by atoms with E-state index in [0.717, 1.165) is 55.3 Å². The fourth-order valence-electron chi connectivity index (χ4n) is 10.5. The molecule has 0 aliphatic carbocycles. The maximum absolute atomic E-state index is 5.26. The standard InChI is InChI=1S/C61H37N5/c1-2-17-40(18-3-1)59-62-60(44-30-29-38-15-4-5-19-41(38)35-44)64-61(63-59)50-33-34-53(47-24-11-10-23-46(47)50)65-54-27-14-28-55(57(54)51-36-42-20-6-7-21-43(42)37-56(51)65)66-52-26-13-12-25-48(52)49-32-31-39-16-8-9-22-45(39)58(49)66/h1-37H. The van der Waals surface area contributed by atoms with Crippen molar-refractivity contribution in [1.29, 1.82) is 0 Å². The number of para-hydroxylation sites is 1. The van der Waals surface area contributed by atoms with Crippen molar-refractivity contribution in [2.45, 2.75) is 0 Å². The van der Waals surface area contributed by atoms with Crippen molar-refractivity contribution in [2.24, 2.45) is 0 Å². The summed E-state index contributed by atoms with van der Waals surface area (Å²) in [5, 5.41) is 14.2. The molecule has 0 bridgehead atoms. The molecule has 0 fully saturated rings. The van der Waals surface area contributed by atoms with Gasteiger partial charge in [0.2, 0.25) is 0 Å². The number of hydrogen-bond donors (Lipinski definition) is 0. The Bertz CT molecular complexity index is 4290. The molecular weight excluding hydrogens is 803 g/mol. The summed E-state index contributed by atoms with van der Waals surface area (Å²) in [6.07, 6.45) is 0. The van der Waals surface area contributed by atoms with Crippen LogP contribution in [-0.2, 0) is 0 Å². The van der Waals surface area contributed by atoms with E-state index in [1.54, 1.807) is 0 Å². The topological polar surface area (TPSA) is 48.5 Å². The normalized spacial score (nSPS) is 11.9. The zero-order valence-electron chi connectivity index (χ0n) is 35.6. The Kier molecular flexibility index (Phi) is 7.91. The number of benzene rings is 11. The molecule has 5 heteroatoms. The van der Waals surface area contributed by atoms with Gasteiger partial charge in [0.1, 0.15) is 0 Å². The van der Waals surface area contributed by atoms with Crippen LogP contribution in [0.4, 0.5) is 0 Å². The predicted molar refractivity (Wildman–Crippen MR) is 275 cm³/mol. The molecule has 0 atom stereocenters. The van der Waals surface area contributed by atoms with Crippen LogP contribution >= 0.6 is 0 Å². The maximum Gasteiger partial charge on any atom is 0.164 e. The van der Waals surface area contributed by atoms with Gasteiger partial charge in [0.15, 0.2) is 17.5 Å². The molecule has 0 aliphatic rings. The van der Waals surface area contributed by atoms with Crippen molar-refractivity contribution in [3.8, 4) is 45.5 Å². The molecule has 14 rings (SSSR count). The number of rotatable bonds is 5. The van der Waals surface area contributed by atoms with Crippen LogP contribution in [0.5, 0.6) is 0 Å². The van der Waals surface area contributed by atoms with E-state index in [1.807, 2.05) is 18.2 Å². The van der Waals surface area contributed by atoms with Crippen LogP contribution in [0.2, 0.25) is 0 Å². The van der Waals surface area contributed by atoms with Crippen LogP contribution in [0.25, 0.3) is 132 Å². The van der Waals surface area contributed by atoms with Gasteiger partial charge < -0.3 is 9.13 Å². The molecular formula is C61H37N5. The quantitative estimate of drug-likeness (QED) is 0.173. The molecule has 3 heterocycles. The summed E-state index contributed by atoms with van der Waals surface area (Å²) in [5.41, 5.74) is 9.73. The highest BCUT2D eigenvalue weighted by atomic mass is 15.0. The Labute approximate surface area is 379 Å². The SMILES string of the molecule is c1ccc(-c2nc(-c3ccc4ccccc4c3)nc(-c3ccc(-n4c5cc6ccccc6cc5c5c(-n6c7ccccc7c7ccc8ccccc8c76)cccc54)c4ccccc34)n2)cc1. The zero-order chi connectivity index (χ0) is 43.3. The average molecular weight is 840 g/mol. The van der Waals surface area contributed by atoms with Crippen LogP contribution in [0.15, 0.2) is 224 Å². The zero-order valence-corrected chi connectivity index (χ0v) is 35.6. The van der Waals surface area contributed by atoms with E-state index in [0.29, 0.717) is 17.5 Å². The highest BCUT2D eigenvalue weighted by Crippen LogP contribution is 2.44. The third kappa shape index (κ3) is 5.50. The Morgan fingerprint density at radius 2 is 0.879 bits per heavy atom. The minimum atomic E-state index is 0.629. The molecule has 5 nitrogen and oxygen atoms in total. The van der Waals surface area contributed by atoms with Gasteiger partial charge in [0.05, 0.1) is 33.4 Å². The molecule has 0 N–H and O–H groups in total. The Morgan fingerprint density at radius 1 is 0.273 bits per heavy atom. The van der Waals surface area contributed by atoms with Crippen LogP contribution in [0, 0.1) is 0 Å². The average Bonchev–Trinajstić information content (AvgIpc) is 3.90. The van der Waals surface area contributed by atoms with Gasteiger partial charge in [-0.1, -0.05) is 176 Å². The van der Waals surface area contributed by atoms with Gasteiger partial charge in [-0.3, -0.25) is 0 Å². The summed E-state index contributed by atoms with van der Waals surface area (Å²) in [4.78, 5) is 15.6. The fourth-order valence-corrected chi connectivity index (χ4v) is 10.5. The second-order valence-electron chi connectivity index (χ2n) is 17.2. The van der Waals surface area contributed by atoms with E-state index in [9.17, 15) is 0 Å². The molecule has 14 aromatic rings. The van der Waals surface area contributed by atoms with Crippen molar-refractivity contribution in [1.82, 2.24) is 24.1 Å². The Balaban J connectivity index is 1.05. The van der Waals surface area contributed by atoms with E-state index in [4.69, 9.17) is 15.0 Å². The third-order valence-corrected chi connectivity index (χ3v) is 13.5. The monoisotopic (exact) mass is 839 g/mol.